The summed E-state index contributed by atoms with van der Waals surface area (Å²) in [4.78, 5) is 4.45. The van der Waals surface area contributed by atoms with Gasteiger partial charge in [-0.3, -0.25) is 0 Å². The van der Waals surface area contributed by atoms with Gasteiger partial charge in [0.1, 0.15) is 0 Å². The van der Waals surface area contributed by atoms with Crippen molar-refractivity contribution in [3.05, 3.63) is 23.8 Å². The van der Waals surface area contributed by atoms with Crippen LogP contribution in [0.4, 0.5) is 5.95 Å². The lowest BCUT2D eigenvalue weighted by atomic mass is 10.2. The van der Waals surface area contributed by atoms with Crippen LogP contribution < -0.4 is 5.73 Å². The molecule has 1 aliphatic carbocycles. The second kappa shape index (κ2) is 3.24. The first-order valence-corrected chi connectivity index (χ1v) is 5.91. The lowest BCUT2D eigenvalue weighted by Crippen LogP contribution is -2.10. The Kier molecular flexibility index (Phi) is 1.96. The normalized spacial score (nSPS) is 17.9. The highest BCUT2D eigenvalue weighted by Crippen LogP contribution is 2.41. The zero-order valence-corrected chi connectivity index (χ0v) is 9.77. The Morgan fingerprint density at radius 3 is 2.88 bits per heavy atom. The number of rotatable bonds is 2. The number of nitrogens with two attached hydrogens (primary N) is 1. The van der Waals surface area contributed by atoms with E-state index in [2.05, 4.69) is 41.6 Å². The van der Waals surface area contributed by atoms with E-state index in [0.717, 1.165) is 11.4 Å². The van der Waals surface area contributed by atoms with Crippen LogP contribution in [0.5, 0.6) is 0 Å². The van der Waals surface area contributed by atoms with Crippen LogP contribution in [0.25, 0.3) is 11.0 Å². The summed E-state index contributed by atoms with van der Waals surface area (Å²) in [5.74, 6) is 1.45. The minimum atomic E-state index is 0.479. The smallest absolute Gasteiger partial charge is 0.201 e. The molecule has 1 fully saturated rings. The van der Waals surface area contributed by atoms with Gasteiger partial charge in [0, 0.05) is 6.04 Å². The van der Waals surface area contributed by atoms with E-state index in [4.69, 9.17) is 5.73 Å². The highest BCUT2D eigenvalue weighted by Gasteiger charge is 2.30. The van der Waals surface area contributed by atoms with Crippen LogP contribution in [0.2, 0.25) is 0 Å². The van der Waals surface area contributed by atoms with E-state index >= 15 is 0 Å². The molecule has 3 nitrogen and oxygen atoms in total. The van der Waals surface area contributed by atoms with E-state index < -0.39 is 0 Å². The van der Waals surface area contributed by atoms with Gasteiger partial charge < -0.3 is 10.3 Å². The third-order valence-electron chi connectivity index (χ3n) is 3.58. The molecule has 1 saturated carbocycles. The number of hydrogen-bond acceptors (Lipinski definition) is 2. The summed E-state index contributed by atoms with van der Waals surface area (Å²) in [5.41, 5.74) is 9.44. The van der Waals surface area contributed by atoms with Crippen LogP contribution >= 0.6 is 0 Å². The molecule has 3 heteroatoms. The van der Waals surface area contributed by atoms with Crippen LogP contribution in [0, 0.1) is 12.8 Å². The maximum Gasteiger partial charge on any atom is 0.201 e. The minimum absolute atomic E-state index is 0.479. The first-order valence-electron chi connectivity index (χ1n) is 5.91. The Hall–Kier alpha value is -1.51. The van der Waals surface area contributed by atoms with Crippen LogP contribution in [-0.2, 0) is 0 Å². The molecule has 16 heavy (non-hydrogen) atoms. The Morgan fingerprint density at radius 1 is 1.44 bits per heavy atom. The average Bonchev–Trinajstić information content (AvgIpc) is 3.01. The Labute approximate surface area is 95.3 Å². The number of fused-ring (bicyclic) bond motifs is 1. The molecule has 1 atom stereocenters. The van der Waals surface area contributed by atoms with Crippen molar-refractivity contribution in [1.82, 2.24) is 9.55 Å². The van der Waals surface area contributed by atoms with Crippen molar-refractivity contribution in [3.63, 3.8) is 0 Å². The minimum Gasteiger partial charge on any atom is -0.369 e. The Morgan fingerprint density at radius 2 is 2.19 bits per heavy atom. The lowest BCUT2D eigenvalue weighted by Gasteiger charge is -2.14. The standard InChI is InChI=1S/C13H17N3/c1-8-3-6-12-11(7-8)15-13(14)16(12)9(2)10-4-5-10/h3,6-7,9-10H,4-5H2,1-2H3,(H2,14,15). The fourth-order valence-corrected chi connectivity index (χ4v) is 2.44. The van der Waals surface area contributed by atoms with Crippen molar-refractivity contribution in [2.45, 2.75) is 32.7 Å². The molecule has 1 aromatic heterocycles. The zero-order chi connectivity index (χ0) is 11.3. The van der Waals surface area contributed by atoms with E-state index in [1.54, 1.807) is 0 Å². The first-order chi connectivity index (χ1) is 7.66. The number of aromatic nitrogens is 2. The predicted molar refractivity (Wildman–Crippen MR) is 66.3 cm³/mol. The van der Waals surface area contributed by atoms with Crippen LogP contribution in [0.15, 0.2) is 18.2 Å². The van der Waals surface area contributed by atoms with Gasteiger partial charge in [0.25, 0.3) is 0 Å². The maximum absolute atomic E-state index is 6.02. The maximum atomic E-state index is 6.02. The molecule has 2 aromatic rings. The monoisotopic (exact) mass is 215 g/mol. The number of anilines is 1. The van der Waals surface area contributed by atoms with Gasteiger partial charge in [-0.2, -0.15) is 0 Å². The third kappa shape index (κ3) is 1.39. The van der Waals surface area contributed by atoms with Crippen molar-refractivity contribution in [2.24, 2.45) is 5.92 Å². The Balaban J connectivity index is 2.18. The van der Waals surface area contributed by atoms with E-state index in [1.807, 2.05) is 0 Å². The largest absolute Gasteiger partial charge is 0.369 e. The molecular formula is C13H17N3. The number of nitrogens with zero attached hydrogens (tertiary/aromatic N) is 2. The molecule has 0 radical (unpaired) electrons. The molecule has 2 N–H and O–H groups in total. The second-order valence-corrected chi connectivity index (χ2v) is 4.91. The molecule has 0 amide bonds. The highest BCUT2D eigenvalue weighted by atomic mass is 15.2. The SMILES string of the molecule is Cc1ccc2c(c1)nc(N)n2C(C)C1CC1. The second-order valence-electron chi connectivity index (χ2n) is 4.91. The van der Waals surface area contributed by atoms with E-state index in [1.165, 1.54) is 23.9 Å². The number of imidazole rings is 1. The lowest BCUT2D eigenvalue weighted by molar-refractivity contribution is 0.504. The van der Waals surface area contributed by atoms with Crippen molar-refractivity contribution in [3.8, 4) is 0 Å². The van der Waals surface area contributed by atoms with Crippen molar-refractivity contribution in [2.75, 3.05) is 5.73 Å². The summed E-state index contributed by atoms with van der Waals surface area (Å²) in [6.45, 7) is 4.33. The average molecular weight is 215 g/mol. The fraction of sp³-hybridized carbons (Fsp3) is 0.462. The summed E-state index contributed by atoms with van der Waals surface area (Å²) in [6, 6.07) is 6.83. The molecule has 1 aliphatic rings. The summed E-state index contributed by atoms with van der Waals surface area (Å²) >= 11 is 0. The van der Waals surface area contributed by atoms with Gasteiger partial charge in [0.15, 0.2) is 0 Å². The molecule has 1 unspecified atom stereocenters. The highest BCUT2D eigenvalue weighted by molar-refractivity contribution is 5.79. The zero-order valence-electron chi connectivity index (χ0n) is 9.77. The van der Waals surface area contributed by atoms with Gasteiger partial charge in [-0.1, -0.05) is 6.07 Å². The quantitative estimate of drug-likeness (QED) is 0.837. The van der Waals surface area contributed by atoms with Gasteiger partial charge in [0.2, 0.25) is 5.95 Å². The number of aryl methyl sites for hydroxylation is 1. The molecule has 1 aromatic carbocycles. The first kappa shape index (κ1) is 9.70. The summed E-state index contributed by atoms with van der Waals surface area (Å²) in [7, 11) is 0. The van der Waals surface area contributed by atoms with E-state index in [0.29, 0.717) is 12.0 Å². The van der Waals surface area contributed by atoms with Gasteiger partial charge >= 0.3 is 0 Å². The summed E-state index contributed by atoms with van der Waals surface area (Å²) in [6.07, 6.45) is 2.65. The fourth-order valence-electron chi connectivity index (χ4n) is 2.44. The molecule has 0 aliphatic heterocycles. The van der Waals surface area contributed by atoms with Crippen LogP contribution in [0.1, 0.15) is 31.4 Å². The molecule has 0 spiro atoms. The Bertz CT molecular complexity index is 537. The molecular weight excluding hydrogens is 198 g/mol. The van der Waals surface area contributed by atoms with Crippen molar-refractivity contribution < 1.29 is 0 Å². The van der Waals surface area contributed by atoms with Crippen LogP contribution in [0.3, 0.4) is 0 Å². The van der Waals surface area contributed by atoms with Crippen LogP contribution in [-0.4, -0.2) is 9.55 Å². The van der Waals surface area contributed by atoms with Gasteiger partial charge in [0.05, 0.1) is 11.0 Å². The summed E-state index contributed by atoms with van der Waals surface area (Å²) in [5, 5.41) is 0. The van der Waals surface area contributed by atoms with E-state index in [-0.39, 0.29) is 0 Å². The molecule has 0 saturated heterocycles. The topological polar surface area (TPSA) is 43.8 Å². The van der Waals surface area contributed by atoms with Gasteiger partial charge in [-0.25, -0.2) is 4.98 Å². The number of hydrogen-bond donors (Lipinski definition) is 1. The molecule has 0 bridgehead atoms. The molecule has 3 rings (SSSR count). The predicted octanol–water partition coefficient (Wildman–Crippen LogP) is 2.90. The van der Waals surface area contributed by atoms with E-state index in [9.17, 15) is 0 Å². The van der Waals surface area contributed by atoms with Crippen molar-refractivity contribution >= 4 is 17.0 Å². The van der Waals surface area contributed by atoms with Gasteiger partial charge in [-0.05, 0) is 50.3 Å². The third-order valence-corrected chi connectivity index (χ3v) is 3.58. The van der Waals surface area contributed by atoms with Gasteiger partial charge in [-0.15, -0.1) is 0 Å². The number of benzene rings is 1. The molecule has 1 heterocycles. The number of nitrogen functional groups attached to an aromatic ring is 1. The summed E-state index contributed by atoms with van der Waals surface area (Å²) < 4.78 is 2.19. The molecule has 84 valence electrons. The van der Waals surface area contributed by atoms with Crippen molar-refractivity contribution in [1.29, 1.82) is 0 Å².